The normalized spacial score (nSPS) is 12.4. The van der Waals surface area contributed by atoms with E-state index in [0.717, 1.165) is 6.54 Å². The topological polar surface area (TPSA) is 66.4 Å². The van der Waals surface area contributed by atoms with Crippen molar-refractivity contribution in [1.29, 1.82) is 0 Å². The third-order valence-corrected chi connectivity index (χ3v) is 1.81. The molecule has 0 saturated carbocycles. The molecule has 0 heterocycles. The van der Waals surface area contributed by atoms with Gasteiger partial charge in [-0.05, 0) is 12.5 Å². The molecule has 0 fully saturated rings. The molecule has 0 aromatic heterocycles. The summed E-state index contributed by atoms with van der Waals surface area (Å²) in [6.07, 6.45) is 0. The van der Waals surface area contributed by atoms with E-state index in [2.05, 4.69) is 5.32 Å². The molecule has 4 nitrogen and oxygen atoms in total. The molecule has 0 unspecified atom stereocenters. The summed E-state index contributed by atoms with van der Waals surface area (Å²) in [5.74, 6) is 0.288. The molecular formula is C6H15NO3S. The Bertz CT molecular complexity index is 186. The van der Waals surface area contributed by atoms with Crippen LogP contribution in [0, 0.1) is 5.92 Å². The Morgan fingerprint density at radius 1 is 1.45 bits per heavy atom. The molecule has 0 spiro atoms. The average molecular weight is 181 g/mol. The SMILES string of the molecule is CC(C)CNCCS(=O)(=O)O. The molecule has 11 heavy (non-hydrogen) atoms. The zero-order valence-corrected chi connectivity index (χ0v) is 7.69. The molecule has 0 aliphatic rings. The maximum Gasteiger partial charge on any atom is 0.266 e. The quantitative estimate of drug-likeness (QED) is 0.467. The summed E-state index contributed by atoms with van der Waals surface area (Å²) in [5, 5.41) is 2.90. The van der Waals surface area contributed by atoms with Crippen LogP contribution in [0.5, 0.6) is 0 Å². The Kier molecular flexibility index (Phi) is 4.63. The van der Waals surface area contributed by atoms with Gasteiger partial charge in [0.25, 0.3) is 10.1 Å². The Balaban J connectivity index is 3.30. The van der Waals surface area contributed by atoms with E-state index in [1.165, 1.54) is 0 Å². The third-order valence-electron chi connectivity index (χ3n) is 1.09. The molecule has 0 bridgehead atoms. The van der Waals surface area contributed by atoms with Crippen molar-refractivity contribution >= 4 is 10.1 Å². The van der Waals surface area contributed by atoms with Crippen molar-refractivity contribution in [3.8, 4) is 0 Å². The van der Waals surface area contributed by atoms with Crippen molar-refractivity contribution in [2.45, 2.75) is 13.8 Å². The Hall–Kier alpha value is -0.130. The minimum absolute atomic E-state index is 0.209. The van der Waals surface area contributed by atoms with Gasteiger partial charge in [-0.1, -0.05) is 13.8 Å². The van der Waals surface area contributed by atoms with E-state index < -0.39 is 10.1 Å². The van der Waals surface area contributed by atoms with Crippen LogP contribution in [0.1, 0.15) is 13.8 Å². The maximum atomic E-state index is 10.2. The molecule has 0 amide bonds. The van der Waals surface area contributed by atoms with Gasteiger partial charge in [0.05, 0.1) is 5.75 Å². The second kappa shape index (κ2) is 4.69. The molecule has 0 saturated heterocycles. The van der Waals surface area contributed by atoms with Crippen molar-refractivity contribution in [2.24, 2.45) is 5.92 Å². The van der Waals surface area contributed by atoms with E-state index >= 15 is 0 Å². The molecule has 0 aromatic rings. The van der Waals surface area contributed by atoms with Gasteiger partial charge in [-0.25, -0.2) is 0 Å². The summed E-state index contributed by atoms with van der Waals surface area (Å²) in [6.45, 7) is 5.15. The predicted molar refractivity (Wildman–Crippen MR) is 44.1 cm³/mol. The third kappa shape index (κ3) is 9.87. The fourth-order valence-corrected chi connectivity index (χ4v) is 0.994. The van der Waals surface area contributed by atoms with Gasteiger partial charge in [0.1, 0.15) is 0 Å². The van der Waals surface area contributed by atoms with Gasteiger partial charge in [0.2, 0.25) is 0 Å². The van der Waals surface area contributed by atoms with E-state index in [9.17, 15) is 8.42 Å². The lowest BCUT2D eigenvalue weighted by atomic mass is 10.2. The zero-order valence-electron chi connectivity index (χ0n) is 6.87. The smallest absolute Gasteiger partial charge is 0.266 e. The molecule has 5 heteroatoms. The highest BCUT2D eigenvalue weighted by molar-refractivity contribution is 7.85. The van der Waals surface area contributed by atoms with Crippen LogP contribution in [0.2, 0.25) is 0 Å². The van der Waals surface area contributed by atoms with Gasteiger partial charge in [0.15, 0.2) is 0 Å². The van der Waals surface area contributed by atoms with E-state index in [-0.39, 0.29) is 5.75 Å². The van der Waals surface area contributed by atoms with Crippen LogP contribution in [-0.4, -0.2) is 31.8 Å². The molecular weight excluding hydrogens is 166 g/mol. The van der Waals surface area contributed by atoms with Gasteiger partial charge in [-0.3, -0.25) is 4.55 Å². The van der Waals surface area contributed by atoms with Crippen LogP contribution in [0.25, 0.3) is 0 Å². The number of hydrogen-bond donors (Lipinski definition) is 2. The van der Waals surface area contributed by atoms with Crippen molar-refractivity contribution < 1.29 is 13.0 Å². The van der Waals surface area contributed by atoms with Crippen molar-refractivity contribution in [3.05, 3.63) is 0 Å². The Morgan fingerprint density at radius 3 is 2.36 bits per heavy atom. The zero-order chi connectivity index (χ0) is 8.91. The molecule has 0 aliphatic heterocycles. The summed E-state index contributed by atoms with van der Waals surface area (Å²) in [4.78, 5) is 0. The highest BCUT2D eigenvalue weighted by atomic mass is 32.2. The van der Waals surface area contributed by atoms with Gasteiger partial charge < -0.3 is 5.32 Å². The monoisotopic (exact) mass is 181 g/mol. The lowest BCUT2D eigenvalue weighted by Crippen LogP contribution is -2.25. The number of rotatable bonds is 5. The first kappa shape index (κ1) is 10.9. The second-order valence-electron chi connectivity index (χ2n) is 2.88. The summed E-state index contributed by atoms with van der Waals surface area (Å²) in [5.41, 5.74) is 0. The van der Waals surface area contributed by atoms with Crippen LogP contribution in [0.15, 0.2) is 0 Å². The van der Waals surface area contributed by atoms with Crippen LogP contribution < -0.4 is 5.32 Å². The van der Waals surface area contributed by atoms with Gasteiger partial charge >= 0.3 is 0 Å². The minimum atomic E-state index is -3.78. The first-order chi connectivity index (χ1) is 4.92. The summed E-state index contributed by atoms with van der Waals surface area (Å²) in [7, 11) is -3.78. The molecule has 0 aromatic carbocycles. The van der Waals surface area contributed by atoms with E-state index in [1.54, 1.807) is 0 Å². The van der Waals surface area contributed by atoms with Crippen molar-refractivity contribution in [3.63, 3.8) is 0 Å². The van der Waals surface area contributed by atoms with E-state index in [1.807, 2.05) is 13.8 Å². The first-order valence-electron chi connectivity index (χ1n) is 3.57. The molecule has 0 aliphatic carbocycles. The molecule has 0 atom stereocenters. The predicted octanol–water partition coefficient (Wildman–Crippen LogP) is 0.120. The van der Waals surface area contributed by atoms with Crippen LogP contribution in [0.3, 0.4) is 0 Å². The highest BCUT2D eigenvalue weighted by Gasteiger charge is 2.02. The average Bonchev–Trinajstić information content (AvgIpc) is 1.78. The molecule has 68 valence electrons. The Morgan fingerprint density at radius 2 is 2.00 bits per heavy atom. The standard InChI is InChI=1S/C6H15NO3S/c1-6(2)5-7-3-4-11(8,9)10/h6-7H,3-5H2,1-2H3,(H,8,9,10). The van der Waals surface area contributed by atoms with Gasteiger partial charge in [-0.15, -0.1) is 0 Å². The molecule has 0 radical (unpaired) electrons. The number of nitrogens with one attached hydrogen (secondary N) is 1. The minimum Gasteiger partial charge on any atom is -0.315 e. The maximum absolute atomic E-state index is 10.2. The van der Waals surface area contributed by atoms with Gasteiger partial charge in [0, 0.05) is 6.54 Å². The molecule has 2 N–H and O–H groups in total. The number of hydrogen-bond acceptors (Lipinski definition) is 3. The van der Waals surface area contributed by atoms with Crippen LogP contribution >= 0.6 is 0 Å². The van der Waals surface area contributed by atoms with Crippen molar-refractivity contribution in [2.75, 3.05) is 18.8 Å². The second-order valence-corrected chi connectivity index (χ2v) is 4.46. The lowest BCUT2D eigenvalue weighted by molar-refractivity contribution is 0.477. The molecule has 0 rings (SSSR count). The summed E-state index contributed by atoms with van der Waals surface area (Å²) < 4.78 is 28.7. The van der Waals surface area contributed by atoms with Gasteiger partial charge in [-0.2, -0.15) is 8.42 Å². The summed E-state index contributed by atoms with van der Waals surface area (Å²) in [6, 6.07) is 0. The van der Waals surface area contributed by atoms with Crippen molar-refractivity contribution in [1.82, 2.24) is 5.32 Å². The highest BCUT2D eigenvalue weighted by Crippen LogP contribution is 1.86. The fourth-order valence-electron chi connectivity index (χ4n) is 0.592. The van der Waals surface area contributed by atoms with Crippen LogP contribution in [-0.2, 0) is 10.1 Å². The largest absolute Gasteiger partial charge is 0.315 e. The van der Waals surface area contributed by atoms with E-state index in [0.29, 0.717) is 12.5 Å². The lowest BCUT2D eigenvalue weighted by Gasteiger charge is -2.04. The van der Waals surface area contributed by atoms with E-state index in [4.69, 9.17) is 4.55 Å². The fraction of sp³-hybridized carbons (Fsp3) is 1.00. The van der Waals surface area contributed by atoms with Crippen LogP contribution in [0.4, 0.5) is 0 Å². The Labute approximate surface area is 67.7 Å². The first-order valence-corrected chi connectivity index (χ1v) is 5.18. The summed E-state index contributed by atoms with van der Waals surface area (Å²) >= 11 is 0.